The molecule has 6 heteroatoms. The normalized spacial score (nSPS) is 10.7. The van der Waals surface area contributed by atoms with Crippen molar-refractivity contribution in [3.8, 4) is 5.75 Å². The average molecular weight is 279 g/mol. The molecule has 0 unspecified atom stereocenters. The van der Waals surface area contributed by atoms with Gasteiger partial charge < -0.3 is 9.47 Å². The molecule has 0 saturated heterocycles. The maximum atomic E-state index is 11.8. The number of hydrogen-bond acceptors (Lipinski definition) is 3. The number of ketones is 1. The number of hydrogen-bond donors (Lipinski definition) is 0. The van der Waals surface area contributed by atoms with Gasteiger partial charge in [-0.3, -0.25) is 4.79 Å². The molecule has 0 spiro atoms. The van der Waals surface area contributed by atoms with E-state index in [1.54, 1.807) is 12.1 Å². The van der Waals surface area contributed by atoms with Crippen LogP contribution in [0.2, 0.25) is 5.02 Å². The predicted molar refractivity (Wildman–Crippen MR) is 63.8 cm³/mol. The zero-order valence-electron chi connectivity index (χ0n) is 9.79. The van der Waals surface area contributed by atoms with E-state index in [9.17, 15) is 13.6 Å². The molecule has 18 heavy (non-hydrogen) atoms. The number of carbonyl (C=O) groups is 1. The van der Waals surface area contributed by atoms with Crippen molar-refractivity contribution in [1.82, 2.24) is 0 Å². The lowest BCUT2D eigenvalue weighted by atomic mass is 10.1. The minimum absolute atomic E-state index is 0.00340. The molecule has 1 aromatic rings. The molecule has 0 amide bonds. The van der Waals surface area contributed by atoms with Crippen molar-refractivity contribution in [2.24, 2.45) is 0 Å². The van der Waals surface area contributed by atoms with Crippen molar-refractivity contribution in [2.45, 2.75) is 12.8 Å². The van der Waals surface area contributed by atoms with Crippen molar-refractivity contribution < 1.29 is 23.0 Å². The number of Topliss-reactive ketones (excluding diaryl/α,β-unsaturated/α-hetero) is 1. The van der Waals surface area contributed by atoms with Gasteiger partial charge in [0.2, 0.25) is 0 Å². The Morgan fingerprint density at radius 2 is 2.17 bits per heavy atom. The van der Waals surface area contributed by atoms with Crippen molar-refractivity contribution >= 4 is 17.4 Å². The molecule has 0 bridgehead atoms. The summed E-state index contributed by atoms with van der Waals surface area (Å²) in [5.41, 5.74) is 0.325. The van der Waals surface area contributed by atoms with E-state index in [0.717, 1.165) is 0 Å². The number of methoxy groups -OCH3 is 1. The smallest absolute Gasteiger partial charge is 0.261 e. The standard InChI is InChI=1S/C12H13ClF2O3/c1-17-11-3-2-8(13)6-9(11)10(16)4-5-18-7-12(14)15/h2-3,6,12H,4-5,7H2,1H3. The molecule has 0 heterocycles. The van der Waals surface area contributed by atoms with Crippen LogP contribution < -0.4 is 4.74 Å². The largest absolute Gasteiger partial charge is 0.496 e. The molecule has 1 rings (SSSR count). The lowest BCUT2D eigenvalue weighted by Crippen LogP contribution is -2.10. The molecule has 0 aliphatic heterocycles. The highest BCUT2D eigenvalue weighted by atomic mass is 35.5. The Bertz CT molecular complexity index is 410. The Kier molecular flexibility index (Phi) is 6.01. The van der Waals surface area contributed by atoms with Gasteiger partial charge in [-0.1, -0.05) is 11.6 Å². The van der Waals surface area contributed by atoms with E-state index in [2.05, 4.69) is 4.74 Å². The Morgan fingerprint density at radius 1 is 1.44 bits per heavy atom. The molecule has 0 saturated carbocycles. The van der Waals surface area contributed by atoms with Gasteiger partial charge in [-0.25, -0.2) is 8.78 Å². The topological polar surface area (TPSA) is 35.5 Å². The molecule has 0 aliphatic carbocycles. The maximum absolute atomic E-state index is 11.8. The second-order valence-electron chi connectivity index (χ2n) is 3.48. The summed E-state index contributed by atoms with van der Waals surface area (Å²) in [5, 5.41) is 0.410. The van der Waals surface area contributed by atoms with Crippen LogP contribution in [0.15, 0.2) is 18.2 Å². The summed E-state index contributed by atoms with van der Waals surface area (Å²) in [6.45, 7) is -0.723. The molecular weight excluding hydrogens is 266 g/mol. The van der Waals surface area contributed by atoms with Crippen molar-refractivity contribution in [3.05, 3.63) is 28.8 Å². The number of benzene rings is 1. The maximum Gasteiger partial charge on any atom is 0.261 e. The van der Waals surface area contributed by atoms with Gasteiger partial charge in [0.15, 0.2) is 5.78 Å². The second-order valence-corrected chi connectivity index (χ2v) is 3.92. The third kappa shape index (κ3) is 4.58. The lowest BCUT2D eigenvalue weighted by Gasteiger charge is -2.08. The van der Waals surface area contributed by atoms with Gasteiger partial charge in [-0.2, -0.15) is 0 Å². The van der Waals surface area contributed by atoms with Gasteiger partial charge in [0.1, 0.15) is 12.4 Å². The van der Waals surface area contributed by atoms with Gasteiger partial charge in [0.25, 0.3) is 6.43 Å². The zero-order valence-corrected chi connectivity index (χ0v) is 10.5. The number of rotatable bonds is 7. The SMILES string of the molecule is COc1ccc(Cl)cc1C(=O)CCOCC(F)F. The average Bonchev–Trinajstić information content (AvgIpc) is 2.34. The Morgan fingerprint density at radius 3 is 2.78 bits per heavy atom. The van der Waals surface area contributed by atoms with E-state index in [0.29, 0.717) is 16.3 Å². The monoisotopic (exact) mass is 278 g/mol. The first-order chi connectivity index (χ1) is 8.54. The highest BCUT2D eigenvalue weighted by Crippen LogP contribution is 2.23. The van der Waals surface area contributed by atoms with Crippen LogP contribution in [0.4, 0.5) is 8.78 Å². The highest BCUT2D eigenvalue weighted by Gasteiger charge is 2.13. The van der Waals surface area contributed by atoms with Crippen LogP contribution in [-0.4, -0.2) is 32.5 Å². The molecule has 0 aliphatic rings. The van der Waals surface area contributed by atoms with Gasteiger partial charge in [-0.05, 0) is 18.2 Å². The number of ether oxygens (including phenoxy) is 2. The molecule has 100 valence electrons. The zero-order chi connectivity index (χ0) is 13.5. The van der Waals surface area contributed by atoms with Crippen LogP contribution in [0.5, 0.6) is 5.75 Å². The summed E-state index contributed by atoms with van der Waals surface area (Å²) in [7, 11) is 1.44. The van der Waals surface area contributed by atoms with Gasteiger partial charge >= 0.3 is 0 Å². The van der Waals surface area contributed by atoms with E-state index >= 15 is 0 Å². The van der Waals surface area contributed by atoms with E-state index in [1.807, 2.05) is 0 Å². The molecular formula is C12H13ClF2O3. The summed E-state index contributed by atoms with van der Waals surface area (Å²) < 4.78 is 33.3. The van der Waals surface area contributed by atoms with Crippen molar-refractivity contribution in [3.63, 3.8) is 0 Å². The first-order valence-corrected chi connectivity index (χ1v) is 5.65. The molecule has 3 nitrogen and oxygen atoms in total. The minimum atomic E-state index is -2.53. The van der Waals surface area contributed by atoms with Crippen LogP contribution in [0.3, 0.4) is 0 Å². The fraction of sp³-hybridized carbons (Fsp3) is 0.417. The second kappa shape index (κ2) is 7.28. The summed E-state index contributed by atoms with van der Waals surface area (Å²) >= 11 is 5.78. The van der Waals surface area contributed by atoms with Crippen LogP contribution in [0.25, 0.3) is 0 Å². The molecule has 0 atom stereocenters. The summed E-state index contributed by atoms with van der Waals surface area (Å²) in [4.78, 5) is 11.8. The van der Waals surface area contributed by atoms with Crippen LogP contribution in [0.1, 0.15) is 16.8 Å². The third-order valence-electron chi connectivity index (χ3n) is 2.18. The van der Waals surface area contributed by atoms with E-state index in [-0.39, 0.29) is 18.8 Å². The number of carbonyl (C=O) groups excluding carboxylic acids is 1. The third-order valence-corrected chi connectivity index (χ3v) is 2.41. The molecule has 0 fully saturated rings. The fourth-order valence-corrected chi connectivity index (χ4v) is 1.54. The van der Waals surface area contributed by atoms with E-state index < -0.39 is 13.0 Å². The quantitative estimate of drug-likeness (QED) is 0.567. The summed E-state index contributed by atoms with van der Waals surface area (Å²) in [6, 6.07) is 4.66. The Labute approximate surface area is 109 Å². The number of halogens is 3. The number of alkyl halides is 2. The lowest BCUT2D eigenvalue weighted by molar-refractivity contribution is 0.0169. The first kappa shape index (κ1) is 14.9. The molecule has 0 N–H and O–H groups in total. The molecule has 0 aromatic heterocycles. The van der Waals surface area contributed by atoms with Crippen LogP contribution >= 0.6 is 11.6 Å². The highest BCUT2D eigenvalue weighted by molar-refractivity contribution is 6.31. The fourth-order valence-electron chi connectivity index (χ4n) is 1.37. The van der Waals surface area contributed by atoms with Gasteiger partial charge in [0.05, 0.1) is 19.3 Å². The Balaban J connectivity index is 2.58. The van der Waals surface area contributed by atoms with Crippen LogP contribution in [-0.2, 0) is 4.74 Å². The van der Waals surface area contributed by atoms with Gasteiger partial charge in [-0.15, -0.1) is 0 Å². The first-order valence-electron chi connectivity index (χ1n) is 5.27. The van der Waals surface area contributed by atoms with E-state index in [1.165, 1.54) is 13.2 Å². The summed E-state index contributed by atoms with van der Waals surface area (Å²) in [5.74, 6) is 0.141. The van der Waals surface area contributed by atoms with E-state index in [4.69, 9.17) is 16.3 Å². The molecule has 0 radical (unpaired) electrons. The Hall–Kier alpha value is -1.20. The minimum Gasteiger partial charge on any atom is -0.496 e. The predicted octanol–water partition coefficient (Wildman–Crippen LogP) is 3.20. The van der Waals surface area contributed by atoms with Crippen LogP contribution in [0, 0.1) is 0 Å². The van der Waals surface area contributed by atoms with Crippen molar-refractivity contribution in [2.75, 3.05) is 20.3 Å². The summed E-state index contributed by atoms with van der Waals surface area (Å²) in [6.07, 6.45) is -2.52. The van der Waals surface area contributed by atoms with Gasteiger partial charge in [0, 0.05) is 11.4 Å². The molecule has 1 aromatic carbocycles. The van der Waals surface area contributed by atoms with Crippen molar-refractivity contribution in [1.29, 1.82) is 0 Å².